The average molecular weight is 396 g/mol. The van der Waals surface area contributed by atoms with Gasteiger partial charge in [-0.3, -0.25) is 0 Å². The summed E-state index contributed by atoms with van der Waals surface area (Å²) < 4.78 is 69.0. The largest absolute Gasteiger partial charge is 0.470 e. The zero-order chi connectivity index (χ0) is 18.2. The molecular formula is C14H13ClF3N3O3S. The highest BCUT2D eigenvalue weighted by Gasteiger charge is 2.40. The van der Waals surface area contributed by atoms with E-state index in [2.05, 4.69) is 14.6 Å². The Morgan fingerprint density at radius 1 is 1.20 bits per heavy atom. The van der Waals surface area contributed by atoms with Gasteiger partial charge in [-0.2, -0.15) is 17.5 Å². The molecule has 0 amide bonds. The van der Waals surface area contributed by atoms with Gasteiger partial charge in [0.1, 0.15) is 0 Å². The first kappa shape index (κ1) is 18.2. The number of hydrogen-bond acceptors (Lipinski definition) is 5. The van der Waals surface area contributed by atoms with E-state index in [1.54, 1.807) is 0 Å². The maximum atomic E-state index is 12.7. The predicted octanol–water partition coefficient (Wildman–Crippen LogP) is 3.31. The average Bonchev–Trinajstić information content (AvgIpc) is 3.06. The SMILES string of the molecule is O=S(=O)(c1ccc(Cl)cc1)N1CCCC(c2nnc(C(F)(F)F)o2)C1. The number of hydrogen-bond donors (Lipinski definition) is 0. The number of piperidine rings is 1. The van der Waals surface area contributed by atoms with Crippen molar-refractivity contribution in [1.29, 1.82) is 0 Å². The van der Waals surface area contributed by atoms with E-state index in [-0.39, 0.29) is 23.9 Å². The van der Waals surface area contributed by atoms with Gasteiger partial charge < -0.3 is 4.42 Å². The molecule has 2 heterocycles. The fourth-order valence-corrected chi connectivity index (χ4v) is 4.28. The summed E-state index contributed by atoms with van der Waals surface area (Å²) in [5.74, 6) is -2.22. The van der Waals surface area contributed by atoms with Crippen LogP contribution in [0, 0.1) is 0 Å². The molecule has 1 aliphatic heterocycles. The van der Waals surface area contributed by atoms with Crippen molar-refractivity contribution in [3.8, 4) is 0 Å². The molecule has 1 aliphatic rings. The number of alkyl halides is 3. The number of benzene rings is 1. The van der Waals surface area contributed by atoms with E-state index in [0.717, 1.165) is 0 Å². The second-order valence-electron chi connectivity index (χ2n) is 5.60. The van der Waals surface area contributed by atoms with E-state index >= 15 is 0 Å². The number of halogens is 4. The Morgan fingerprint density at radius 2 is 1.88 bits per heavy atom. The molecule has 3 rings (SSSR count). The highest BCUT2D eigenvalue weighted by atomic mass is 35.5. The Kier molecular flexibility index (Phi) is 4.78. The van der Waals surface area contributed by atoms with Crippen LogP contribution in [0.3, 0.4) is 0 Å². The van der Waals surface area contributed by atoms with Crippen LogP contribution in [0.4, 0.5) is 13.2 Å². The molecule has 1 unspecified atom stereocenters. The molecule has 0 aliphatic carbocycles. The molecule has 1 aromatic carbocycles. The highest BCUT2D eigenvalue weighted by Crippen LogP contribution is 2.33. The summed E-state index contributed by atoms with van der Waals surface area (Å²) in [5.41, 5.74) is 0. The summed E-state index contributed by atoms with van der Waals surface area (Å²) in [6.07, 6.45) is -3.79. The van der Waals surface area contributed by atoms with E-state index in [0.29, 0.717) is 17.9 Å². The zero-order valence-corrected chi connectivity index (χ0v) is 14.3. The monoisotopic (exact) mass is 395 g/mol. The van der Waals surface area contributed by atoms with Crippen molar-refractivity contribution >= 4 is 21.6 Å². The third kappa shape index (κ3) is 3.80. The van der Waals surface area contributed by atoms with Crippen molar-refractivity contribution in [2.24, 2.45) is 0 Å². The number of aromatic nitrogens is 2. The third-order valence-corrected chi connectivity index (χ3v) is 6.00. The molecule has 1 saturated heterocycles. The second-order valence-corrected chi connectivity index (χ2v) is 7.97. The van der Waals surface area contributed by atoms with E-state index < -0.39 is 28.0 Å². The summed E-state index contributed by atoms with van der Waals surface area (Å²) in [7, 11) is -3.78. The minimum absolute atomic E-state index is 0.0234. The molecule has 0 bridgehead atoms. The van der Waals surface area contributed by atoms with Crippen LogP contribution in [0.5, 0.6) is 0 Å². The molecule has 2 aromatic rings. The van der Waals surface area contributed by atoms with Gasteiger partial charge >= 0.3 is 12.1 Å². The third-order valence-electron chi connectivity index (χ3n) is 3.87. The lowest BCUT2D eigenvalue weighted by molar-refractivity contribution is -0.157. The smallest absolute Gasteiger partial charge is 0.417 e. The Morgan fingerprint density at radius 3 is 2.48 bits per heavy atom. The van der Waals surface area contributed by atoms with Crippen LogP contribution in [0.1, 0.15) is 30.5 Å². The van der Waals surface area contributed by atoms with Crippen molar-refractivity contribution < 1.29 is 26.0 Å². The lowest BCUT2D eigenvalue weighted by atomic mass is 10.00. The Balaban J connectivity index is 1.81. The second kappa shape index (κ2) is 6.58. The van der Waals surface area contributed by atoms with Gasteiger partial charge in [-0.15, -0.1) is 10.2 Å². The molecule has 136 valence electrons. The van der Waals surface area contributed by atoms with Gasteiger partial charge in [-0.1, -0.05) is 11.6 Å². The molecule has 1 atom stereocenters. The molecule has 0 saturated carbocycles. The molecule has 25 heavy (non-hydrogen) atoms. The quantitative estimate of drug-likeness (QED) is 0.796. The molecular weight excluding hydrogens is 383 g/mol. The van der Waals surface area contributed by atoms with Gasteiger partial charge in [-0.05, 0) is 37.1 Å². The Labute approximate surface area is 146 Å². The van der Waals surface area contributed by atoms with Gasteiger partial charge in [0.2, 0.25) is 15.9 Å². The van der Waals surface area contributed by atoms with Crippen LogP contribution in [0.2, 0.25) is 5.02 Å². The number of sulfonamides is 1. The van der Waals surface area contributed by atoms with E-state index in [1.165, 1.54) is 28.6 Å². The van der Waals surface area contributed by atoms with Crippen molar-refractivity contribution in [2.45, 2.75) is 29.8 Å². The normalized spacial score (nSPS) is 19.9. The topological polar surface area (TPSA) is 76.3 Å². The van der Waals surface area contributed by atoms with Crippen molar-refractivity contribution in [1.82, 2.24) is 14.5 Å². The number of nitrogens with zero attached hydrogens (tertiary/aromatic N) is 3. The first-order chi connectivity index (χ1) is 11.7. The predicted molar refractivity (Wildman–Crippen MR) is 81.5 cm³/mol. The summed E-state index contributed by atoms with van der Waals surface area (Å²) >= 11 is 5.76. The van der Waals surface area contributed by atoms with E-state index in [1.807, 2.05) is 0 Å². The first-order valence-electron chi connectivity index (χ1n) is 7.34. The van der Waals surface area contributed by atoms with Gasteiger partial charge in [0.25, 0.3) is 0 Å². The molecule has 0 N–H and O–H groups in total. The van der Waals surface area contributed by atoms with Gasteiger partial charge in [0, 0.05) is 18.1 Å². The fourth-order valence-electron chi connectivity index (χ4n) is 2.63. The van der Waals surface area contributed by atoms with Crippen LogP contribution >= 0.6 is 11.6 Å². The summed E-state index contributed by atoms with van der Waals surface area (Å²) in [5, 5.41) is 6.83. The standard InChI is InChI=1S/C14H13ClF3N3O3S/c15-10-3-5-11(6-4-10)25(22,23)21-7-1-2-9(8-21)12-19-20-13(24-12)14(16,17)18/h3-6,9H,1-2,7-8H2. The van der Waals surface area contributed by atoms with E-state index in [4.69, 9.17) is 11.6 Å². The van der Waals surface area contributed by atoms with E-state index in [9.17, 15) is 21.6 Å². The van der Waals surface area contributed by atoms with Gasteiger partial charge in [-0.25, -0.2) is 8.42 Å². The lowest BCUT2D eigenvalue weighted by Crippen LogP contribution is -2.39. The maximum Gasteiger partial charge on any atom is 0.470 e. The van der Waals surface area contributed by atoms with Crippen molar-refractivity contribution in [2.75, 3.05) is 13.1 Å². The van der Waals surface area contributed by atoms with Gasteiger partial charge in [0.15, 0.2) is 0 Å². The molecule has 0 radical (unpaired) electrons. The van der Waals surface area contributed by atoms with Crippen molar-refractivity contribution in [3.63, 3.8) is 0 Å². The summed E-state index contributed by atoms with van der Waals surface area (Å²) in [6, 6.07) is 5.69. The van der Waals surface area contributed by atoms with Crippen LogP contribution in [0.15, 0.2) is 33.6 Å². The summed E-state index contributed by atoms with van der Waals surface area (Å²) in [4.78, 5) is 0.0686. The fraction of sp³-hybridized carbons (Fsp3) is 0.429. The highest BCUT2D eigenvalue weighted by molar-refractivity contribution is 7.89. The minimum atomic E-state index is -4.73. The Bertz CT molecular complexity index is 852. The minimum Gasteiger partial charge on any atom is -0.417 e. The lowest BCUT2D eigenvalue weighted by Gasteiger charge is -2.30. The summed E-state index contributed by atoms with van der Waals surface area (Å²) in [6.45, 7) is 0.242. The molecule has 0 spiro atoms. The van der Waals surface area contributed by atoms with Crippen LogP contribution in [-0.4, -0.2) is 36.0 Å². The number of rotatable bonds is 3. The van der Waals surface area contributed by atoms with Crippen LogP contribution in [0.25, 0.3) is 0 Å². The molecule has 1 aromatic heterocycles. The first-order valence-corrected chi connectivity index (χ1v) is 9.16. The maximum absolute atomic E-state index is 12.7. The van der Waals surface area contributed by atoms with Gasteiger partial charge in [0.05, 0.1) is 10.8 Å². The van der Waals surface area contributed by atoms with Crippen LogP contribution in [-0.2, 0) is 16.2 Å². The molecule has 1 fully saturated rings. The molecule has 11 heteroatoms. The van der Waals surface area contributed by atoms with Crippen LogP contribution < -0.4 is 0 Å². The van der Waals surface area contributed by atoms with Crippen molar-refractivity contribution in [3.05, 3.63) is 41.1 Å². The molecule has 6 nitrogen and oxygen atoms in total. The zero-order valence-electron chi connectivity index (χ0n) is 12.7. The Hall–Kier alpha value is -1.65.